The Labute approximate surface area is 112 Å². The molecule has 1 aromatic heterocycles. The predicted octanol–water partition coefficient (Wildman–Crippen LogP) is 3.36. The number of rotatable bonds is 7. The number of nitro groups is 1. The van der Waals surface area contributed by atoms with Crippen molar-refractivity contribution in [2.24, 2.45) is 0 Å². The van der Waals surface area contributed by atoms with E-state index < -0.39 is 4.92 Å². The van der Waals surface area contributed by atoms with Crippen LogP contribution in [0.2, 0.25) is 0 Å². The quantitative estimate of drug-likeness (QED) is 0.433. The van der Waals surface area contributed by atoms with Gasteiger partial charge in [-0.2, -0.15) is 0 Å². The maximum Gasteiger partial charge on any atom is 0.315 e. The Bertz CT molecular complexity index is 412. The van der Waals surface area contributed by atoms with E-state index in [9.17, 15) is 10.1 Å². The van der Waals surface area contributed by atoms with Crippen molar-refractivity contribution in [2.45, 2.75) is 32.6 Å². The van der Waals surface area contributed by atoms with Gasteiger partial charge in [0.25, 0.3) is 0 Å². The first-order chi connectivity index (χ1) is 8.65. The first kappa shape index (κ1) is 14.7. The molecule has 1 heterocycles. The van der Waals surface area contributed by atoms with Crippen molar-refractivity contribution in [3.05, 3.63) is 28.1 Å². The number of pyridine rings is 1. The first-order valence-electron chi connectivity index (χ1n) is 6.08. The standard InChI is InChI=1S/C12H18ClN3O2/c1-3-5-8-15(4-2)11-6-7-14-10(9-13)12(11)16(17)18/h6-7H,3-5,8-9H2,1-2H3. The highest BCUT2D eigenvalue weighted by molar-refractivity contribution is 6.17. The Kier molecular flexibility index (Phi) is 5.85. The number of hydrogen-bond acceptors (Lipinski definition) is 4. The predicted molar refractivity (Wildman–Crippen MR) is 73.2 cm³/mol. The zero-order chi connectivity index (χ0) is 13.5. The van der Waals surface area contributed by atoms with E-state index in [1.807, 2.05) is 11.8 Å². The molecule has 1 rings (SSSR count). The summed E-state index contributed by atoms with van der Waals surface area (Å²) in [5.74, 6) is 0.0511. The Morgan fingerprint density at radius 2 is 2.22 bits per heavy atom. The lowest BCUT2D eigenvalue weighted by molar-refractivity contribution is -0.385. The fourth-order valence-electron chi connectivity index (χ4n) is 1.84. The van der Waals surface area contributed by atoms with Gasteiger partial charge in [0.1, 0.15) is 11.4 Å². The molecule has 0 aromatic carbocycles. The molecule has 0 spiro atoms. The summed E-state index contributed by atoms with van der Waals surface area (Å²) >= 11 is 5.71. The number of aromatic nitrogens is 1. The average molecular weight is 272 g/mol. The molecule has 0 aliphatic rings. The largest absolute Gasteiger partial charge is 0.366 e. The Balaban J connectivity index is 3.16. The number of anilines is 1. The highest BCUT2D eigenvalue weighted by Crippen LogP contribution is 2.31. The van der Waals surface area contributed by atoms with Crippen molar-refractivity contribution in [2.75, 3.05) is 18.0 Å². The molecule has 0 amide bonds. The summed E-state index contributed by atoms with van der Waals surface area (Å²) in [6.07, 6.45) is 3.63. The van der Waals surface area contributed by atoms with E-state index in [1.54, 1.807) is 12.3 Å². The van der Waals surface area contributed by atoms with Crippen molar-refractivity contribution in [3.63, 3.8) is 0 Å². The second-order valence-electron chi connectivity index (χ2n) is 3.95. The minimum absolute atomic E-state index is 0.0328. The van der Waals surface area contributed by atoms with Crippen LogP contribution in [-0.4, -0.2) is 23.0 Å². The molecule has 6 heteroatoms. The van der Waals surface area contributed by atoms with E-state index in [4.69, 9.17) is 11.6 Å². The molecule has 0 atom stereocenters. The number of hydrogen-bond donors (Lipinski definition) is 0. The molecule has 0 N–H and O–H groups in total. The van der Waals surface area contributed by atoms with Crippen molar-refractivity contribution >= 4 is 23.0 Å². The molecule has 0 bridgehead atoms. The van der Waals surface area contributed by atoms with Crippen LogP contribution in [0.15, 0.2) is 12.3 Å². The molecule has 0 unspecified atom stereocenters. The van der Waals surface area contributed by atoms with Gasteiger partial charge in [-0.25, -0.2) is 0 Å². The Morgan fingerprint density at radius 3 is 2.72 bits per heavy atom. The third-order valence-corrected chi connectivity index (χ3v) is 3.05. The van der Waals surface area contributed by atoms with Crippen molar-refractivity contribution in [3.8, 4) is 0 Å². The zero-order valence-electron chi connectivity index (χ0n) is 10.7. The van der Waals surface area contributed by atoms with Gasteiger partial charge in [-0.3, -0.25) is 15.1 Å². The summed E-state index contributed by atoms with van der Waals surface area (Å²) in [5.41, 5.74) is 0.973. The maximum atomic E-state index is 11.2. The Morgan fingerprint density at radius 1 is 1.50 bits per heavy atom. The zero-order valence-corrected chi connectivity index (χ0v) is 11.5. The number of alkyl halides is 1. The fourth-order valence-corrected chi connectivity index (χ4v) is 2.03. The molecule has 0 saturated heterocycles. The van der Waals surface area contributed by atoms with E-state index in [0.29, 0.717) is 11.4 Å². The molecule has 0 radical (unpaired) electrons. The van der Waals surface area contributed by atoms with Gasteiger partial charge in [0.05, 0.1) is 10.8 Å². The van der Waals surface area contributed by atoms with Crippen LogP contribution in [0.5, 0.6) is 0 Å². The maximum absolute atomic E-state index is 11.2. The molecule has 0 saturated carbocycles. The van der Waals surface area contributed by atoms with E-state index in [2.05, 4.69) is 11.9 Å². The van der Waals surface area contributed by atoms with Gasteiger partial charge < -0.3 is 4.90 Å². The molecule has 100 valence electrons. The average Bonchev–Trinajstić information content (AvgIpc) is 2.38. The highest BCUT2D eigenvalue weighted by atomic mass is 35.5. The summed E-state index contributed by atoms with van der Waals surface area (Å²) < 4.78 is 0. The van der Waals surface area contributed by atoms with E-state index >= 15 is 0 Å². The second kappa shape index (κ2) is 7.16. The normalized spacial score (nSPS) is 10.4. The molecule has 0 aliphatic carbocycles. The SMILES string of the molecule is CCCCN(CC)c1ccnc(CCl)c1[N+](=O)[O-]. The van der Waals surface area contributed by atoms with Gasteiger partial charge in [-0.1, -0.05) is 13.3 Å². The third kappa shape index (κ3) is 3.32. The van der Waals surface area contributed by atoms with Gasteiger partial charge in [0, 0.05) is 19.3 Å². The third-order valence-electron chi connectivity index (χ3n) is 2.79. The second-order valence-corrected chi connectivity index (χ2v) is 4.22. The van der Waals surface area contributed by atoms with E-state index in [1.165, 1.54) is 0 Å². The smallest absolute Gasteiger partial charge is 0.315 e. The van der Waals surface area contributed by atoms with Gasteiger partial charge in [0.2, 0.25) is 0 Å². The number of nitrogens with zero attached hydrogens (tertiary/aromatic N) is 3. The van der Waals surface area contributed by atoms with E-state index in [-0.39, 0.29) is 11.6 Å². The van der Waals surface area contributed by atoms with Gasteiger partial charge in [-0.05, 0) is 19.4 Å². The van der Waals surface area contributed by atoms with E-state index in [0.717, 1.165) is 25.9 Å². The lowest BCUT2D eigenvalue weighted by Crippen LogP contribution is -2.25. The monoisotopic (exact) mass is 271 g/mol. The highest BCUT2D eigenvalue weighted by Gasteiger charge is 2.23. The molecular formula is C12H18ClN3O2. The van der Waals surface area contributed by atoms with Crippen molar-refractivity contribution in [1.29, 1.82) is 0 Å². The minimum Gasteiger partial charge on any atom is -0.366 e. The summed E-state index contributed by atoms with van der Waals surface area (Å²) in [6.45, 7) is 5.62. The molecule has 1 aromatic rings. The molecule has 5 nitrogen and oxygen atoms in total. The molecule has 0 fully saturated rings. The fraction of sp³-hybridized carbons (Fsp3) is 0.583. The summed E-state index contributed by atoms with van der Waals surface area (Å²) in [6, 6.07) is 1.69. The van der Waals surface area contributed by atoms with Crippen molar-refractivity contribution in [1.82, 2.24) is 4.98 Å². The molecular weight excluding hydrogens is 254 g/mol. The van der Waals surface area contributed by atoms with Crippen LogP contribution in [0.3, 0.4) is 0 Å². The van der Waals surface area contributed by atoms with Gasteiger partial charge >= 0.3 is 5.69 Å². The van der Waals surface area contributed by atoms with Crippen LogP contribution in [0.4, 0.5) is 11.4 Å². The lowest BCUT2D eigenvalue weighted by atomic mass is 10.2. The van der Waals surface area contributed by atoms with Crippen LogP contribution in [-0.2, 0) is 5.88 Å². The lowest BCUT2D eigenvalue weighted by Gasteiger charge is -2.22. The van der Waals surface area contributed by atoms with Crippen LogP contribution >= 0.6 is 11.6 Å². The number of unbranched alkanes of at least 4 members (excludes halogenated alkanes) is 1. The molecule has 18 heavy (non-hydrogen) atoms. The first-order valence-corrected chi connectivity index (χ1v) is 6.62. The molecule has 0 aliphatic heterocycles. The van der Waals surface area contributed by atoms with Gasteiger partial charge in [0.15, 0.2) is 0 Å². The van der Waals surface area contributed by atoms with Crippen LogP contribution in [0, 0.1) is 10.1 Å². The summed E-state index contributed by atoms with van der Waals surface area (Å²) in [4.78, 5) is 16.8. The number of halogens is 1. The topological polar surface area (TPSA) is 59.3 Å². The van der Waals surface area contributed by atoms with Crippen molar-refractivity contribution < 1.29 is 4.92 Å². The summed E-state index contributed by atoms with van der Waals surface area (Å²) in [7, 11) is 0. The van der Waals surface area contributed by atoms with Gasteiger partial charge in [-0.15, -0.1) is 11.6 Å². The summed E-state index contributed by atoms with van der Waals surface area (Å²) in [5, 5.41) is 11.2. The minimum atomic E-state index is -0.394. The van der Waals surface area contributed by atoms with Crippen LogP contribution in [0.25, 0.3) is 0 Å². The van der Waals surface area contributed by atoms with Crippen LogP contribution < -0.4 is 4.90 Å². The van der Waals surface area contributed by atoms with Crippen LogP contribution in [0.1, 0.15) is 32.4 Å². The Hall–Kier alpha value is -1.36.